The van der Waals surface area contributed by atoms with Crippen molar-refractivity contribution in [1.82, 2.24) is 25.5 Å². The fourth-order valence-corrected chi connectivity index (χ4v) is 3.09. The summed E-state index contributed by atoms with van der Waals surface area (Å²) in [5, 5.41) is 10.5. The zero-order valence-corrected chi connectivity index (χ0v) is 14.4. The summed E-state index contributed by atoms with van der Waals surface area (Å²) in [4.78, 5) is 21.7. The van der Waals surface area contributed by atoms with Gasteiger partial charge in [-0.15, -0.1) is 11.3 Å². The second-order valence-electron chi connectivity index (χ2n) is 6.18. The van der Waals surface area contributed by atoms with Crippen molar-refractivity contribution in [3.63, 3.8) is 0 Å². The Morgan fingerprint density at radius 3 is 2.92 bits per heavy atom. The van der Waals surface area contributed by atoms with Gasteiger partial charge in [-0.2, -0.15) is 5.10 Å². The third-order valence-electron chi connectivity index (χ3n) is 3.09. The van der Waals surface area contributed by atoms with Crippen molar-refractivity contribution < 1.29 is 9.53 Å². The van der Waals surface area contributed by atoms with Crippen LogP contribution >= 0.6 is 11.3 Å². The molecule has 0 saturated heterocycles. The maximum absolute atomic E-state index is 11.7. The lowest BCUT2D eigenvalue weighted by molar-refractivity contribution is 0.0524. The largest absolute Gasteiger partial charge is 0.444 e. The number of nitrogens with zero attached hydrogens (tertiary/aromatic N) is 3. The van der Waals surface area contributed by atoms with Gasteiger partial charge in [0, 0.05) is 4.88 Å². The number of hydrogen-bond donors (Lipinski definition) is 3. The first-order chi connectivity index (χ1) is 11.3. The van der Waals surface area contributed by atoms with Gasteiger partial charge in [-0.1, -0.05) is 0 Å². The van der Waals surface area contributed by atoms with Crippen LogP contribution in [-0.4, -0.2) is 31.9 Å². The van der Waals surface area contributed by atoms with Gasteiger partial charge >= 0.3 is 6.09 Å². The van der Waals surface area contributed by atoms with Crippen LogP contribution in [0.4, 0.5) is 10.6 Å². The summed E-state index contributed by atoms with van der Waals surface area (Å²) < 4.78 is 5.22. The van der Waals surface area contributed by atoms with Crippen LogP contribution in [0.3, 0.4) is 0 Å². The smallest absolute Gasteiger partial charge is 0.407 e. The van der Waals surface area contributed by atoms with Crippen LogP contribution < -0.4 is 11.1 Å². The minimum atomic E-state index is -0.517. The number of carbonyl (C=O) groups excluding carboxylic acids is 1. The molecular formula is C15H18N6O2S. The molecule has 0 radical (unpaired) electrons. The number of thiophene rings is 1. The molecule has 0 aromatic carbocycles. The zero-order chi connectivity index (χ0) is 17.3. The number of ether oxygens (including phenoxy) is 1. The second-order valence-corrected chi connectivity index (χ2v) is 7.35. The molecule has 0 atom stereocenters. The van der Waals surface area contributed by atoms with Gasteiger partial charge in [-0.25, -0.2) is 14.8 Å². The lowest BCUT2D eigenvalue weighted by Crippen LogP contribution is -2.31. The van der Waals surface area contributed by atoms with Crippen LogP contribution in [0.25, 0.3) is 21.6 Å². The number of nitrogens with one attached hydrogen (secondary N) is 2. The van der Waals surface area contributed by atoms with Crippen LogP contribution in [0.15, 0.2) is 18.5 Å². The zero-order valence-electron chi connectivity index (χ0n) is 13.6. The number of aromatic amines is 1. The topological polar surface area (TPSA) is 119 Å². The molecule has 9 heteroatoms. The molecular weight excluding hydrogens is 328 g/mol. The summed E-state index contributed by atoms with van der Waals surface area (Å²) in [6.07, 6.45) is 0.939. The number of alkyl carbamates (subject to hydrolysis) is 1. The van der Waals surface area contributed by atoms with E-state index in [4.69, 9.17) is 10.5 Å². The molecule has 0 aliphatic rings. The van der Waals surface area contributed by atoms with Crippen LogP contribution in [0.2, 0.25) is 0 Å². The number of anilines is 1. The number of hydrogen-bond acceptors (Lipinski definition) is 7. The highest BCUT2D eigenvalue weighted by Crippen LogP contribution is 2.33. The van der Waals surface area contributed by atoms with E-state index in [-0.39, 0.29) is 0 Å². The van der Waals surface area contributed by atoms with E-state index in [1.165, 1.54) is 17.7 Å². The highest BCUT2D eigenvalue weighted by molar-refractivity contribution is 7.15. The molecule has 0 unspecified atom stereocenters. The molecule has 0 bridgehead atoms. The number of amides is 1. The molecule has 0 aliphatic heterocycles. The number of aromatic nitrogens is 4. The fourth-order valence-electron chi connectivity index (χ4n) is 2.14. The van der Waals surface area contributed by atoms with E-state index in [2.05, 4.69) is 25.5 Å². The molecule has 1 amide bonds. The SMILES string of the molecule is CC(C)(C)OC(=O)NCc1ccc(-c2[nH]nc3ncnc(N)c23)s1. The standard InChI is InChI=1S/C15H18N6O2S/c1-15(2,3)23-14(22)17-6-8-4-5-9(24-8)11-10-12(16)18-7-19-13(10)21-20-11/h4-5,7H,6H2,1-3H3,(H,17,22)(H3,16,18,19,20,21). The van der Waals surface area contributed by atoms with Gasteiger partial charge in [0.2, 0.25) is 0 Å². The number of rotatable bonds is 3. The van der Waals surface area contributed by atoms with Crippen molar-refractivity contribution in [3.8, 4) is 10.6 Å². The number of fused-ring (bicyclic) bond motifs is 1. The van der Waals surface area contributed by atoms with Crippen molar-refractivity contribution in [1.29, 1.82) is 0 Å². The molecule has 8 nitrogen and oxygen atoms in total. The Bertz CT molecular complexity index is 880. The Labute approximate surface area is 142 Å². The Balaban J connectivity index is 1.75. The van der Waals surface area contributed by atoms with Gasteiger partial charge in [0.15, 0.2) is 5.65 Å². The number of nitrogen functional groups attached to an aromatic ring is 1. The Morgan fingerprint density at radius 2 is 2.17 bits per heavy atom. The average molecular weight is 346 g/mol. The van der Waals surface area contributed by atoms with Crippen molar-refractivity contribution >= 4 is 34.3 Å². The van der Waals surface area contributed by atoms with E-state index in [1.54, 1.807) is 0 Å². The van der Waals surface area contributed by atoms with Crippen molar-refractivity contribution in [2.75, 3.05) is 5.73 Å². The van der Waals surface area contributed by atoms with E-state index in [0.717, 1.165) is 15.4 Å². The monoisotopic (exact) mass is 346 g/mol. The molecule has 24 heavy (non-hydrogen) atoms. The lowest BCUT2D eigenvalue weighted by atomic mass is 10.2. The summed E-state index contributed by atoms with van der Waals surface area (Å²) in [5.74, 6) is 0.380. The third kappa shape index (κ3) is 3.46. The molecule has 126 valence electrons. The van der Waals surface area contributed by atoms with Gasteiger partial charge in [0.25, 0.3) is 0 Å². The Kier molecular flexibility index (Phi) is 4.10. The highest BCUT2D eigenvalue weighted by atomic mass is 32.1. The molecule has 3 rings (SSSR count). The Morgan fingerprint density at radius 1 is 1.38 bits per heavy atom. The maximum atomic E-state index is 11.7. The second kappa shape index (κ2) is 6.08. The van der Waals surface area contributed by atoms with Gasteiger partial charge in [-0.05, 0) is 32.9 Å². The molecule has 0 spiro atoms. The lowest BCUT2D eigenvalue weighted by Gasteiger charge is -2.19. The molecule has 3 aromatic rings. The fraction of sp³-hybridized carbons (Fsp3) is 0.333. The van der Waals surface area contributed by atoms with E-state index in [0.29, 0.717) is 23.4 Å². The van der Waals surface area contributed by atoms with Crippen molar-refractivity contribution in [2.24, 2.45) is 0 Å². The summed E-state index contributed by atoms with van der Waals surface area (Å²) in [6, 6.07) is 3.88. The molecule has 3 aromatic heterocycles. The van der Waals surface area contributed by atoms with E-state index in [1.807, 2.05) is 32.9 Å². The first-order valence-electron chi connectivity index (χ1n) is 7.34. The first-order valence-corrected chi connectivity index (χ1v) is 8.15. The minimum absolute atomic E-state index is 0.380. The number of carbonyl (C=O) groups is 1. The van der Waals surface area contributed by atoms with Crippen LogP contribution in [-0.2, 0) is 11.3 Å². The van der Waals surface area contributed by atoms with Gasteiger partial charge < -0.3 is 15.8 Å². The predicted molar refractivity (Wildman–Crippen MR) is 92.5 cm³/mol. The van der Waals surface area contributed by atoms with Gasteiger partial charge in [0.1, 0.15) is 17.7 Å². The number of H-pyrrole nitrogens is 1. The molecule has 4 N–H and O–H groups in total. The number of nitrogens with two attached hydrogens (primary N) is 1. The minimum Gasteiger partial charge on any atom is -0.444 e. The first kappa shape index (κ1) is 16.2. The highest BCUT2D eigenvalue weighted by Gasteiger charge is 2.17. The maximum Gasteiger partial charge on any atom is 0.407 e. The van der Waals surface area contributed by atoms with E-state index in [9.17, 15) is 4.79 Å². The molecule has 3 heterocycles. The van der Waals surface area contributed by atoms with Crippen LogP contribution in [0, 0.1) is 0 Å². The van der Waals surface area contributed by atoms with E-state index >= 15 is 0 Å². The quantitative estimate of drug-likeness (QED) is 0.671. The van der Waals surface area contributed by atoms with Gasteiger partial charge in [0.05, 0.1) is 22.5 Å². The van der Waals surface area contributed by atoms with Crippen molar-refractivity contribution in [3.05, 3.63) is 23.3 Å². The molecule has 0 fully saturated rings. The Hall–Kier alpha value is -2.68. The predicted octanol–water partition coefficient (Wildman–Crippen LogP) is 2.69. The van der Waals surface area contributed by atoms with Gasteiger partial charge in [-0.3, -0.25) is 5.10 Å². The third-order valence-corrected chi connectivity index (χ3v) is 4.20. The molecule has 0 saturated carbocycles. The van der Waals surface area contributed by atoms with Crippen LogP contribution in [0.1, 0.15) is 25.6 Å². The normalized spacial score (nSPS) is 11.6. The van der Waals surface area contributed by atoms with Crippen molar-refractivity contribution in [2.45, 2.75) is 32.9 Å². The van der Waals surface area contributed by atoms with E-state index < -0.39 is 11.7 Å². The summed E-state index contributed by atoms with van der Waals surface area (Å²) in [7, 11) is 0. The van der Waals surface area contributed by atoms with Crippen LogP contribution in [0.5, 0.6) is 0 Å². The summed E-state index contributed by atoms with van der Waals surface area (Å²) in [6.45, 7) is 5.86. The average Bonchev–Trinajstić information content (AvgIpc) is 3.10. The summed E-state index contributed by atoms with van der Waals surface area (Å²) in [5.41, 5.74) is 6.71. The molecule has 0 aliphatic carbocycles. The summed E-state index contributed by atoms with van der Waals surface area (Å²) >= 11 is 1.52.